The molecule has 110 valence electrons. The second kappa shape index (κ2) is 5.75. The number of nitrogens with one attached hydrogen (secondary N) is 1. The van der Waals surface area contributed by atoms with Gasteiger partial charge in [-0.2, -0.15) is 0 Å². The Hall–Kier alpha value is -1.69. The molecule has 0 bridgehead atoms. The van der Waals surface area contributed by atoms with Crippen LogP contribution in [-0.4, -0.2) is 47.7 Å². The SMILES string of the molecule is Cc1cc(C(=O)NC(C)(C)C)nc(N2CCOCC2)n1. The molecular formula is C14H22N4O2. The van der Waals surface area contributed by atoms with Crippen molar-refractivity contribution < 1.29 is 9.53 Å². The molecule has 0 atom stereocenters. The van der Waals surface area contributed by atoms with E-state index in [9.17, 15) is 4.79 Å². The molecule has 1 aromatic heterocycles. The Kier molecular flexibility index (Phi) is 4.23. The maximum absolute atomic E-state index is 12.2. The lowest BCUT2D eigenvalue weighted by Crippen LogP contribution is -2.41. The Morgan fingerprint density at radius 1 is 1.30 bits per heavy atom. The number of nitrogens with zero attached hydrogens (tertiary/aromatic N) is 3. The zero-order valence-corrected chi connectivity index (χ0v) is 12.6. The molecule has 1 N–H and O–H groups in total. The van der Waals surface area contributed by atoms with Crippen LogP contribution in [0.1, 0.15) is 37.0 Å². The summed E-state index contributed by atoms with van der Waals surface area (Å²) < 4.78 is 5.32. The maximum atomic E-state index is 12.2. The molecular weight excluding hydrogens is 256 g/mol. The molecule has 2 heterocycles. The summed E-state index contributed by atoms with van der Waals surface area (Å²) in [4.78, 5) is 23.1. The fraction of sp³-hybridized carbons (Fsp3) is 0.643. The first-order chi connectivity index (χ1) is 9.35. The molecule has 0 spiro atoms. The predicted octanol–water partition coefficient (Wildman–Crippen LogP) is 1.15. The summed E-state index contributed by atoms with van der Waals surface area (Å²) in [5.41, 5.74) is 0.921. The Morgan fingerprint density at radius 2 is 1.95 bits per heavy atom. The standard InChI is InChI=1S/C14H22N4O2/c1-10-9-11(12(19)17-14(2,3)4)16-13(15-10)18-5-7-20-8-6-18/h9H,5-8H2,1-4H3,(H,17,19). The molecule has 2 rings (SSSR count). The first kappa shape index (κ1) is 14.7. The van der Waals surface area contributed by atoms with Gasteiger partial charge in [0, 0.05) is 24.3 Å². The molecule has 0 saturated carbocycles. The smallest absolute Gasteiger partial charge is 0.270 e. The van der Waals surface area contributed by atoms with E-state index < -0.39 is 0 Å². The summed E-state index contributed by atoms with van der Waals surface area (Å²) in [5.74, 6) is 0.435. The van der Waals surface area contributed by atoms with Crippen molar-refractivity contribution >= 4 is 11.9 Å². The summed E-state index contributed by atoms with van der Waals surface area (Å²) in [7, 11) is 0. The first-order valence-corrected chi connectivity index (χ1v) is 6.86. The van der Waals surface area contributed by atoms with Crippen LogP contribution in [0.5, 0.6) is 0 Å². The molecule has 1 saturated heterocycles. The van der Waals surface area contributed by atoms with E-state index in [-0.39, 0.29) is 11.4 Å². The fourth-order valence-corrected chi connectivity index (χ4v) is 1.98. The number of hydrogen-bond acceptors (Lipinski definition) is 5. The second-order valence-electron chi connectivity index (χ2n) is 6.00. The van der Waals surface area contributed by atoms with Crippen LogP contribution in [0.2, 0.25) is 0 Å². The summed E-state index contributed by atoms with van der Waals surface area (Å²) in [6.45, 7) is 10.6. The van der Waals surface area contributed by atoms with Gasteiger partial charge in [0.2, 0.25) is 5.95 Å². The number of rotatable bonds is 2. The van der Waals surface area contributed by atoms with Crippen molar-refractivity contribution in [2.24, 2.45) is 0 Å². The number of aryl methyl sites for hydroxylation is 1. The van der Waals surface area contributed by atoms with Crippen LogP contribution >= 0.6 is 0 Å². The second-order valence-corrected chi connectivity index (χ2v) is 6.00. The Labute approximate surface area is 119 Å². The van der Waals surface area contributed by atoms with Gasteiger partial charge in [0.25, 0.3) is 5.91 Å². The van der Waals surface area contributed by atoms with Crippen molar-refractivity contribution in [1.29, 1.82) is 0 Å². The van der Waals surface area contributed by atoms with Gasteiger partial charge in [-0.15, -0.1) is 0 Å². The van der Waals surface area contributed by atoms with Crippen molar-refractivity contribution in [3.05, 3.63) is 17.5 Å². The molecule has 0 unspecified atom stereocenters. The van der Waals surface area contributed by atoms with Crippen LogP contribution < -0.4 is 10.2 Å². The van der Waals surface area contributed by atoms with E-state index in [1.165, 1.54) is 0 Å². The van der Waals surface area contributed by atoms with Gasteiger partial charge in [0.15, 0.2) is 0 Å². The van der Waals surface area contributed by atoms with Crippen LogP contribution in [0, 0.1) is 6.92 Å². The predicted molar refractivity (Wildman–Crippen MR) is 77.0 cm³/mol. The third-order valence-electron chi connectivity index (χ3n) is 2.86. The molecule has 1 fully saturated rings. The van der Waals surface area contributed by atoms with E-state index in [1.807, 2.05) is 32.6 Å². The lowest BCUT2D eigenvalue weighted by molar-refractivity contribution is 0.0914. The summed E-state index contributed by atoms with van der Waals surface area (Å²) in [6.07, 6.45) is 0. The monoisotopic (exact) mass is 278 g/mol. The zero-order valence-electron chi connectivity index (χ0n) is 12.6. The molecule has 1 aromatic rings. The number of hydrogen-bond donors (Lipinski definition) is 1. The van der Waals surface area contributed by atoms with Crippen LogP contribution in [0.15, 0.2) is 6.07 Å². The van der Waals surface area contributed by atoms with Crippen molar-refractivity contribution in [2.75, 3.05) is 31.2 Å². The number of ether oxygens (including phenoxy) is 1. The largest absolute Gasteiger partial charge is 0.378 e. The van der Waals surface area contributed by atoms with E-state index >= 15 is 0 Å². The number of anilines is 1. The van der Waals surface area contributed by atoms with Gasteiger partial charge in [-0.3, -0.25) is 4.79 Å². The number of carbonyl (C=O) groups is 1. The van der Waals surface area contributed by atoms with Gasteiger partial charge in [0.1, 0.15) is 5.69 Å². The van der Waals surface area contributed by atoms with E-state index in [1.54, 1.807) is 6.07 Å². The fourth-order valence-electron chi connectivity index (χ4n) is 1.98. The molecule has 0 aliphatic carbocycles. The lowest BCUT2D eigenvalue weighted by atomic mass is 10.1. The average molecular weight is 278 g/mol. The molecule has 1 amide bonds. The average Bonchev–Trinajstić information content (AvgIpc) is 2.37. The molecule has 1 aliphatic heterocycles. The Balaban J connectivity index is 2.21. The first-order valence-electron chi connectivity index (χ1n) is 6.86. The van der Waals surface area contributed by atoms with Gasteiger partial charge in [-0.1, -0.05) is 0 Å². The van der Waals surface area contributed by atoms with Crippen LogP contribution in [0.25, 0.3) is 0 Å². The van der Waals surface area contributed by atoms with Crippen LogP contribution in [-0.2, 0) is 4.74 Å². The highest BCUT2D eigenvalue weighted by atomic mass is 16.5. The molecule has 6 nitrogen and oxygen atoms in total. The number of amides is 1. The highest BCUT2D eigenvalue weighted by Gasteiger charge is 2.20. The summed E-state index contributed by atoms with van der Waals surface area (Å²) >= 11 is 0. The number of aromatic nitrogens is 2. The molecule has 0 radical (unpaired) electrons. The van der Waals surface area contributed by atoms with Crippen LogP contribution in [0.4, 0.5) is 5.95 Å². The zero-order chi connectivity index (χ0) is 14.8. The molecule has 6 heteroatoms. The van der Waals surface area contributed by atoms with Gasteiger partial charge < -0.3 is 15.0 Å². The highest BCUT2D eigenvalue weighted by Crippen LogP contribution is 2.13. The van der Waals surface area contributed by atoms with E-state index in [0.29, 0.717) is 24.9 Å². The van der Waals surface area contributed by atoms with Crippen molar-refractivity contribution in [3.63, 3.8) is 0 Å². The van der Waals surface area contributed by atoms with Gasteiger partial charge in [0.05, 0.1) is 13.2 Å². The number of morpholine rings is 1. The van der Waals surface area contributed by atoms with E-state index in [2.05, 4.69) is 15.3 Å². The third kappa shape index (κ3) is 3.90. The van der Waals surface area contributed by atoms with Gasteiger partial charge >= 0.3 is 0 Å². The maximum Gasteiger partial charge on any atom is 0.270 e. The minimum absolute atomic E-state index is 0.169. The topological polar surface area (TPSA) is 67.4 Å². The van der Waals surface area contributed by atoms with E-state index in [0.717, 1.165) is 18.8 Å². The normalized spacial score (nSPS) is 16.1. The van der Waals surface area contributed by atoms with Crippen molar-refractivity contribution in [1.82, 2.24) is 15.3 Å². The minimum Gasteiger partial charge on any atom is -0.378 e. The van der Waals surface area contributed by atoms with Gasteiger partial charge in [-0.05, 0) is 33.8 Å². The highest BCUT2D eigenvalue weighted by molar-refractivity contribution is 5.93. The molecule has 0 aromatic carbocycles. The van der Waals surface area contributed by atoms with Crippen molar-refractivity contribution in [3.8, 4) is 0 Å². The number of carbonyl (C=O) groups excluding carboxylic acids is 1. The molecule has 1 aliphatic rings. The molecule has 20 heavy (non-hydrogen) atoms. The summed E-state index contributed by atoms with van der Waals surface area (Å²) in [5, 5.41) is 2.92. The van der Waals surface area contributed by atoms with E-state index in [4.69, 9.17) is 4.74 Å². The third-order valence-corrected chi connectivity index (χ3v) is 2.86. The van der Waals surface area contributed by atoms with Crippen LogP contribution in [0.3, 0.4) is 0 Å². The Morgan fingerprint density at radius 3 is 2.55 bits per heavy atom. The van der Waals surface area contributed by atoms with Gasteiger partial charge in [-0.25, -0.2) is 9.97 Å². The lowest BCUT2D eigenvalue weighted by Gasteiger charge is -2.27. The summed E-state index contributed by atoms with van der Waals surface area (Å²) in [6, 6.07) is 1.71. The Bertz CT molecular complexity index is 490. The van der Waals surface area contributed by atoms with Crippen molar-refractivity contribution in [2.45, 2.75) is 33.2 Å². The minimum atomic E-state index is -0.283. The quantitative estimate of drug-likeness (QED) is 0.879.